The summed E-state index contributed by atoms with van der Waals surface area (Å²) in [5.41, 5.74) is 1.47. The summed E-state index contributed by atoms with van der Waals surface area (Å²) in [6, 6.07) is 11.4. The van der Waals surface area contributed by atoms with E-state index in [0.717, 1.165) is 18.9 Å². The summed E-state index contributed by atoms with van der Waals surface area (Å²) in [7, 11) is 0. The Morgan fingerprint density at radius 3 is 2.87 bits per heavy atom. The molecule has 1 saturated carbocycles. The summed E-state index contributed by atoms with van der Waals surface area (Å²) in [6.45, 7) is 2.92. The summed E-state index contributed by atoms with van der Waals surface area (Å²) in [6.07, 6.45) is 2.25. The molecule has 0 aromatic heterocycles. The van der Waals surface area contributed by atoms with Crippen molar-refractivity contribution in [2.24, 2.45) is 0 Å². The van der Waals surface area contributed by atoms with Crippen LogP contribution in [0.25, 0.3) is 0 Å². The fraction of sp³-hybridized carbons (Fsp3) is 0.429. The first kappa shape index (κ1) is 10.3. The van der Waals surface area contributed by atoms with Crippen LogP contribution in [0.4, 0.5) is 0 Å². The van der Waals surface area contributed by atoms with E-state index in [-0.39, 0.29) is 0 Å². The van der Waals surface area contributed by atoms with E-state index < -0.39 is 0 Å². The maximum atomic E-state index is 3.54. The molecular weight excluding hydrogens is 182 g/mol. The van der Waals surface area contributed by atoms with E-state index in [1.54, 1.807) is 0 Å². The van der Waals surface area contributed by atoms with Gasteiger partial charge in [0, 0.05) is 24.9 Å². The second-order valence-corrected chi connectivity index (χ2v) is 3.99. The summed E-state index contributed by atoms with van der Waals surface area (Å²) < 4.78 is 0. The molecule has 0 bridgehead atoms. The summed E-state index contributed by atoms with van der Waals surface area (Å²) in [4.78, 5) is 0. The van der Waals surface area contributed by atoms with Gasteiger partial charge in [0.15, 0.2) is 0 Å². The Labute approximate surface area is 91.9 Å². The van der Waals surface area contributed by atoms with Gasteiger partial charge in [0.1, 0.15) is 0 Å². The van der Waals surface area contributed by atoms with Gasteiger partial charge in [0.2, 0.25) is 0 Å². The molecule has 0 aliphatic heterocycles. The molecule has 1 nitrogen and oxygen atoms in total. The van der Waals surface area contributed by atoms with Crippen molar-refractivity contribution in [2.75, 3.05) is 6.54 Å². The van der Waals surface area contributed by atoms with E-state index in [1.807, 2.05) is 6.92 Å². The fourth-order valence-corrected chi connectivity index (χ4v) is 1.93. The molecule has 2 atom stereocenters. The zero-order chi connectivity index (χ0) is 10.5. The zero-order valence-corrected chi connectivity index (χ0v) is 9.16. The SMILES string of the molecule is CC#CCCNC1CC1c1ccccc1. The number of nitrogens with one attached hydrogen (secondary N) is 1. The molecule has 1 aliphatic carbocycles. The lowest BCUT2D eigenvalue weighted by molar-refractivity contribution is 0.681. The van der Waals surface area contributed by atoms with Gasteiger partial charge in [0.25, 0.3) is 0 Å². The molecule has 2 unspecified atom stereocenters. The molecule has 1 N–H and O–H groups in total. The first-order valence-electron chi connectivity index (χ1n) is 5.59. The minimum Gasteiger partial charge on any atom is -0.312 e. The predicted octanol–water partition coefficient (Wildman–Crippen LogP) is 2.55. The normalized spacial score (nSPS) is 23.0. The third-order valence-electron chi connectivity index (χ3n) is 2.85. The third-order valence-corrected chi connectivity index (χ3v) is 2.85. The number of hydrogen-bond acceptors (Lipinski definition) is 1. The minimum atomic E-state index is 0.686. The highest BCUT2D eigenvalue weighted by Gasteiger charge is 2.37. The zero-order valence-electron chi connectivity index (χ0n) is 9.16. The number of benzene rings is 1. The van der Waals surface area contributed by atoms with Crippen molar-refractivity contribution in [2.45, 2.75) is 31.7 Å². The molecule has 1 heteroatoms. The van der Waals surface area contributed by atoms with Crippen molar-refractivity contribution < 1.29 is 0 Å². The Kier molecular flexibility index (Phi) is 3.42. The molecule has 1 aliphatic rings. The van der Waals surface area contributed by atoms with E-state index in [0.29, 0.717) is 6.04 Å². The smallest absolute Gasteiger partial charge is 0.0214 e. The number of hydrogen-bond donors (Lipinski definition) is 1. The average molecular weight is 199 g/mol. The quantitative estimate of drug-likeness (QED) is 0.580. The van der Waals surface area contributed by atoms with Crippen LogP contribution in [0.15, 0.2) is 30.3 Å². The van der Waals surface area contributed by atoms with Crippen LogP contribution in [0.5, 0.6) is 0 Å². The van der Waals surface area contributed by atoms with Gasteiger partial charge < -0.3 is 5.32 Å². The number of rotatable bonds is 4. The van der Waals surface area contributed by atoms with E-state index in [2.05, 4.69) is 47.5 Å². The maximum Gasteiger partial charge on any atom is 0.0214 e. The van der Waals surface area contributed by atoms with E-state index in [4.69, 9.17) is 0 Å². The van der Waals surface area contributed by atoms with Gasteiger partial charge in [-0.25, -0.2) is 0 Å². The predicted molar refractivity (Wildman–Crippen MR) is 63.7 cm³/mol. The van der Waals surface area contributed by atoms with Crippen molar-refractivity contribution in [3.8, 4) is 11.8 Å². The third kappa shape index (κ3) is 2.84. The van der Waals surface area contributed by atoms with Crippen molar-refractivity contribution in [1.82, 2.24) is 5.32 Å². The van der Waals surface area contributed by atoms with Crippen LogP contribution in [0.3, 0.4) is 0 Å². The van der Waals surface area contributed by atoms with Gasteiger partial charge >= 0.3 is 0 Å². The topological polar surface area (TPSA) is 12.0 Å². The standard InChI is InChI=1S/C14H17N/c1-2-3-7-10-15-14-11-13(14)12-8-5-4-6-9-12/h4-6,8-9,13-15H,7,10-11H2,1H3. The molecular formula is C14H17N. The van der Waals surface area contributed by atoms with Gasteiger partial charge in [-0.15, -0.1) is 11.8 Å². The monoisotopic (exact) mass is 199 g/mol. The van der Waals surface area contributed by atoms with E-state index in [1.165, 1.54) is 12.0 Å². The van der Waals surface area contributed by atoms with Crippen molar-refractivity contribution >= 4 is 0 Å². The highest BCUT2D eigenvalue weighted by Crippen LogP contribution is 2.40. The Morgan fingerprint density at radius 2 is 2.13 bits per heavy atom. The largest absolute Gasteiger partial charge is 0.312 e. The van der Waals surface area contributed by atoms with Crippen LogP contribution < -0.4 is 5.32 Å². The molecule has 0 radical (unpaired) electrons. The molecule has 0 amide bonds. The van der Waals surface area contributed by atoms with E-state index >= 15 is 0 Å². The molecule has 78 valence electrons. The van der Waals surface area contributed by atoms with Crippen LogP contribution >= 0.6 is 0 Å². The van der Waals surface area contributed by atoms with Gasteiger partial charge in [-0.05, 0) is 18.9 Å². The molecule has 1 aromatic rings. The molecule has 1 fully saturated rings. The molecule has 0 spiro atoms. The van der Waals surface area contributed by atoms with Gasteiger partial charge in [-0.2, -0.15) is 0 Å². The van der Waals surface area contributed by atoms with Crippen LogP contribution in [-0.2, 0) is 0 Å². The van der Waals surface area contributed by atoms with Crippen LogP contribution in [0.2, 0.25) is 0 Å². The van der Waals surface area contributed by atoms with Crippen molar-refractivity contribution in [3.05, 3.63) is 35.9 Å². The van der Waals surface area contributed by atoms with Crippen LogP contribution in [0, 0.1) is 11.8 Å². The highest BCUT2D eigenvalue weighted by molar-refractivity contribution is 5.27. The molecule has 1 aromatic carbocycles. The Morgan fingerprint density at radius 1 is 1.33 bits per heavy atom. The van der Waals surface area contributed by atoms with Gasteiger partial charge in [-0.1, -0.05) is 30.3 Å². The second-order valence-electron chi connectivity index (χ2n) is 3.99. The van der Waals surface area contributed by atoms with E-state index in [9.17, 15) is 0 Å². The molecule has 0 saturated heterocycles. The first-order valence-corrected chi connectivity index (χ1v) is 5.59. The summed E-state index contributed by atoms with van der Waals surface area (Å²) >= 11 is 0. The molecule has 15 heavy (non-hydrogen) atoms. The highest BCUT2D eigenvalue weighted by atomic mass is 15.0. The van der Waals surface area contributed by atoms with Crippen LogP contribution in [-0.4, -0.2) is 12.6 Å². The molecule has 2 rings (SSSR count). The summed E-state index contributed by atoms with van der Waals surface area (Å²) in [5.74, 6) is 6.73. The van der Waals surface area contributed by atoms with Crippen LogP contribution in [0.1, 0.15) is 31.2 Å². The lowest BCUT2D eigenvalue weighted by Gasteiger charge is -2.01. The van der Waals surface area contributed by atoms with Crippen molar-refractivity contribution in [1.29, 1.82) is 0 Å². The Balaban J connectivity index is 1.74. The fourth-order valence-electron chi connectivity index (χ4n) is 1.93. The second kappa shape index (κ2) is 5.00. The minimum absolute atomic E-state index is 0.686. The Bertz CT molecular complexity index is 358. The van der Waals surface area contributed by atoms with Gasteiger partial charge in [-0.3, -0.25) is 0 Å². The van der Waals surface area contributed by atoms with Crippen molar-refractivity contribution in [3.63, 3.8) is 0 Å². The Hall–Kier alpha value is -1.26. The lowest BCUT2D eigenvalue weighted by Crippen LogP contribution is -2.18. The maximum absolute atomic E-state index is 3.54. The first-order chi connectivity index (χ1) is 7.42. The molecule has 0 heterocycles. The lowest BCUT2D eigenvalue weighted by atomic mass is 10.1. The average Bonchev–Trinajstić information content (AvgIpc) is 3.05. The van der Waals surface area contributed by atoms with Gasteiger partial charge in [0.05, 0.1) is 0 Å². The summed E-state index contributed by atoms with van der Waals surface area (Å²) in [5, 5.41) is 3.54.